The number of aromatic nitrogens is 2. The molecule has 0 spiro atoms. The third kappa shape index (κ3) is 2.67. The molecule has 7 heteroatoms. The summed E-state index contributed by atoms with van der Waals surface area (Å²) in [4.78, 5) is 4.37. The van der Waals surface area contributed by atoms with Crippen LogP contribution in [0.5, 0.6) is 0 Å². The molecule has 2 saturated heterocycles. The van der Waals surface area contributed by atoms with Crippen molar-refractivity contribution in [2.75, 3.05) is 18.8 Å². The molecule has 0 aliphatic carbocycles. The SMILES string of the molecule is O=S1(=O)CCCCC1c1nc(C2CCNCC2)no1. The summed E-state index contributed by atoms with van der Waals surface area (Å²) in [5.74, 6) is 1.51. The van der Waals surface area contributed by atoms with Gasteiger partial charge in [0.25, 0.3) is 0 Å². The third-order valence-electron chi connectivity index (χ3n) is 4.02. The number of piperidine rings is 1. The zero-order valence-corrected chi connectivity index (χ0v) is 11.7. The van der Waals surface area contributed by atoms with Crippen LogP contribution < -0.4 is 5.32 Å². The lowest BCUT2D eigenvalue weighted by Crippen LogP contribution is -2.27. The van der Waals surface area contributed by atoms with E-state index in [1.54, 1.807) is 0 Å². The number of nitrogens with one attached hydrogen (secondary N) is 1. The molecule has 2 aliphatic heterocycles. The smallest absolute Gasteiger partial charge is 0.244 e. The molecule has 1 N–H and O–H groups in total. The molecule has 1 atom stereocenters. The van der Waals surface area contributed by atoms with Gasteiger partial charge in [0, 0.05) is 5.92 Å². The highest BCUT2D eigenvalue weighted by Crippen LogP contribution is 2.33. The van der Waals surface area contributed by atoms with E-state index < -0.39 is 15.1 Å². The highest BCUT2D eigenvalue weighted by Gasteiger charge is 2.35. The van der Waals surface area contributed by atoms with E-state index in [-0.39, 0.29) is 5.75 Å². The van der Waals surface area contributed by atoms with Crippen LogP contribution in [-0.2, 0) is 9.84 Å². The minimum Gasteiger partial charge on any atom is -0.338 e. The van der Waals surface area contributed by atoms with Crippen molar-refractivity contribution in [2.24, 2.45) is 0 Å². The van der Waals surface area contributed by atoms with Crippen molar-refractivity contribution >= 4 is 9.84 Å². The largest absolute Gasteiger partial charge is 0.338 e. The molecular formula is C12H19N3O3S. The maximum absolute atomic E-state index is 12.0. The van der Waals surface area contributed by atoms with Gasteiger partial charge < -0.3 is 9.84 Å². The zero-order valence-electron chi connectivity index (χ0n) is 10.8. The summed E-state index contributed by atoms with van der Waals surface area (Å²) >= 11 is 0. The maximum atomic E-state index is 12.0. The summed E-state index contributed by atoms with van der Waals surface area (Å²) < 4.78 is 29.3. The van der Waals surface area contributed by atoms with Gasteiger partial charge in [0.2, 0.25) is 5.89 Å². The van der Waals surface area contributed by atoms with Crippen molar-refractivity contribution in [3.8, 4) is 0 Å². The lowest BCUT2D eigenvalue weighted by Gasteiger charge is -2.19. The fraction of sp³-hybridized carbons (Fsp3) is 0.833. The summed E-state index contributed by atoms with van der Waals surface area (Å²) in [6.07, 6.45) is 4.23. The first kappa shape index (κ1) is 13.1. The normalized spacial score (nSPS) is 28.3. The lowest BCUT2D eigenvalue weighted by molar-refractivity contribution is 0.350. The van der Waals surface area contributed by atoms with Crippen LogP contribution in [0.1, 0.15) is 55.0 Å². The second kappa shape index (κ2) is 5.20. The van der Waals surface area contributed by atoms with Gasteiger partial charge in [-0.3, -0.25) is 0 Å². The van der Waals surface area contributed by atoms with Crippen LogP contribution in [0, 0.1) is 0 Å². The van der Waals surface area contributed by atoms with E-state index in [4.69, 9.17) is 4.52 Å². The number of hydrogen-bond acceptors (Lipinski definition) is 6. The van der Waals surface area contributed by atoms with Crippen molar-refractivity contribution in [2.45, 2.75) is 43.3 Å². The molecule has 0 bridgehead atoms. The van der Waals surface area contributed by atoms with E-state index in [2.05, 4.69) is 15.5 Å². The van der Waals surface area contributed by atoms with Crippen LogP contribution in [0.4, 0.5) is 0 Å². The van der Waals surface area contributed by atoms with Gasteiger partial charge in [0.05, 0.1) is 5.75 Å². The lowest BCUT2D eigenvalue weighted by atomic mass is 9.98. The highest BCUT2D eigenvalue weighted by molar-refractivity contribution is 7.91. The van der Waals surface area contributed by atoms with Gasteiger partial charge in [-0.15, -0.1) is 0 Å². The Balaban J connectivity index is 1.80. The molecule has 2 aliphatic rings. The monoisotopic (exact) mass is 285 g/mol. The average molecular weight is 285 g/mol. The molecule has 1 unspecified atom stereocenters. The number of nitrogens with zero attached hydrogens (tertiary/aromatic N) is 2. The predicted molar refractivity (Wildman–Crippen MR) is 69.5 cm³/mol. The van der Waals surface area contributed by atoms with Crippen LogP contribution in [0.15, 0.2) is 4.52 Å². The number of sulfone groups is 1. The molecule has 1 aromatic heterocycles. The zero-order chi connectivity index (χ0) is 13.3. The van der Waals surface area contributed by atoms with E-state index >= 15 is 0 Å². The van der Waals surface area contributed by atoms with E-state index in [1.165, 1.54) is 0 Å². The van der Waals surface area contributed by atoms with E-state index in [9.17, 15) is 8.42 Å². The van der Waals surface area contributed by atoms with Crippen molar-refractivity contribution < 1.29 is 12.9 Å². The fourth-order valence-corrected chi connectivity index (χ4v) is 4.68. The van der Waals surface area contributed by atoms with Crippen LogP contribution in [0.25, 0.3) is 0 Å². The molecule has 0 saturated carbocycles. The first-order chi connectivity index (χ1) is 9.17. The van der Waals surface area contributed by atoms with Gasteiger partial charge in [-0.2, -0.15) is 4.98 Å². The quantitative estimate of drug-likeness (QED) is 0.878. The summed E-state index contributed by atoms with van der Waals surface area (Å²) in [5, 5.41) is 6.71. The Labute approximate surface area is 112 Å². The first-order valence-electron chi connectivity index (χ1n) is 6.92. The van der Waals surface area contributed by atoms with Gasteiger partial charge in [0.1, 0.15) is 5.25 Å². The highest BCUT2D eigenvalue weighted by atomic mass is 32.2. The molecule has 2 fully saturated rings. The molecule has 0 aromatic carbocycles. The molecule has 0 amide bonds. The van der Waals surface area contributed by atoms with Gasteiger partial charge in [-0.1, -0.05) is 11.6 Å². The second-order valence-electron chi connectivity index (χ2n) is 5.37. The molecule has 19 heavy (non-hydrogen) atoms. The molecule has 3 rings (SSSR count). The summed E-state index contributed by atoms with van der Waals surface area (Å²) in [7, 11) is -3.10. The van der Waals surface area contributed by atoms with Gasteiger partial charge >= 0.3 is 0 Å². The predicted octanol–water partition coefficient (Wildman–Crippen LogP) is 1.18. The molecular weight excluding hydrogens is 266 g/mol. The van der Waals surface area contributed by atoms with Crippen molar-refractivity contribution in [3.05, 3.63) is 11.7 Å². The first-order valence-corrected chi connectivity index (χ1v) is 8.64. The molecule has 106 valence electrons. The Hall–Kier alpha value is -0.950. The Bertz CT molecular complexity index is 534. The van der Waals surface area contributed by atoms with Crippen LogP contribution >= 0.6 is 0 Å². The summed E-state index contributed by atoms with van der Waals surface area (Å²) in [6, 6.07) is 0. The minimum atomic E-state index is -3.10. The van der Waals surface area contributed by atoms with Gasteiger partial charge in [-0.05, 0) is 38.8 Å². The summed E-state index contributed by atoms with van der Waals surface area (Å²) in [5.41, 5.74) is 0. The Morgan fingerprint density at radius 2 is 1.95 bits per heavy atom. The average Bonchev–Trinajstić information content (AvgIpc) is 2.88. The van der Waals surface area contributed by atoms with Crippen molar-refractivity contribution in [3.63, 3.8) is 0 Å². The number of rotatable bonds is 2. The maximum Gasteiger partial charge on any atom is 0.244 e. The van der Waals surface area contributed by atoms with Crippen molar-refractivity contribution in [1.29, 1.82) is 0 Å². The fourth-order valence-electron chi connectivity index (χ4n) is 2.86. The van der Waals surface area contributed by atoms with Crippen LogP contribution in [0.2, 0.25) is 0 Å². The molecule has 3 heterocycles. The Morgan fingerprint density at radius 3 is 2.68 bits per heavy atom. The van der Waals surface area contributed by atoms with Gasteiger partial charge in [0.15, 0.2) is 15.7 Å². The standard InChI is InChI=1S/C12H19N3O3S/c16-19(17)8-2-1-3-10(19)12-14-11(15-18-12)9-4-6-13-7-5-9/h9-10,13H,1-8H2. The van der Waals surface area contributed by atoms with Gasteiger partial charge in [-0.25, -0.2) is 8.42 Å². The van der Waals surface area contributed by atoms with E-state index in [0.717, 1.165) is 38.8 Å². The minimum absolute atomic E-state index is 0.239. The summed E-state index contributed by atoms with van der Waals surface area (Å²) in [6.45, 7) is 1.91. The Morgan fingerprint density at radius 1 is 1.16 bits per heavy atom. The van der Waals surface area contributed by atoms with Crippen LogP contribution in [-0.4, -0.2) is 37.4 Å². The molecule has 1 aromatic rings. The van der Waals surface area contributed by atoms with Crippen molar-refractivity contribution in [1.82, 2.24) is 15.5 Å². The topological polar surface area (TPSA) is 85.1 Å². The second-order valence-corrected chi connectivity index (χ2v) is 7.67. The van der Waals surface area contributed by atoms with Crippen LogP contribution in [0.3, 0.4) is 0 Å². The number of hydrogen-bond donors (Lipinski definition) is 1. The van der Waals surface area contributed by atoms with E-state index in [0.29, 0.717) is 24.1 Å². The molecule has 0 radical (unpaired) electrons. The van der Waals surface area contributed by atoms with E-state index in [1.807, 2.05) is 0 Å². The third-order valence-corrected chi connectivity index (χ3v) is 6.18. The molecule has 6 nitrogen and oxygen atoms in total. The Kier molecular flexibility index (Phi) is 3.58.